The average molecular weight is 384 g/mol. The number of hydrogen-bond acceptors (Lipinski definition) is 3. The van der Waals surface area contributed by atoms with E-state index in [1.54, 1.807) is 6.20 Å². The zero-order valence-electron chi connectivity index (χ0n) is 17.5. The summed E-state index contributed by atoms with van der Waals surface area (Å²) in [6.07, 6.45) is 17.6. The highest BCUT2D eigenvalue weighted by atomic mass is 16.2. The van der Waals surface area contributed by atoms with Crippen molar-refractivity contribution in [1.29, 1.82) is 0 Å². The maximum Gasteiger partial charge on any atom is 0.222 e. The maximum absolute atomic E-state index is 12.8. The smallest absolute Gasteiger partial charge is 0.222 e. The second kappa shape index (κ2) is 9.39. The molecule has 154 valence electrons. The van der Waals surface area contributed by atoms with Crippen LogP contribution in [-0.4, -0.2) is 53.4 Å². The van der Waals surface area contributed by atoms with Crippen LogP contribution in [0.3, 0.4) is 0 Å². The van der Waals surface area contributed by atoms with E-state index in [0.29, 0.717) is 17.7 Å². The number of pyridine rings is 1. The molecule has 0 N–H and O–H groups in total. The van der Waals surface area contributed by atoms with E-state index in [4.69, 9.17) is 0 Å². The summed E-state index contributed by atoms with van der Waals surface area (Å²) in [4.78, 5) is 21.8. The molecule has 1 amide bonds. The van der Waals surface area contributed by atoms with Gasteiger partial charge in [0, 0.05) is 43.9 Å². The Morgan fingerprint density at radius 1 is 1.11 bits per heavy atom. The van der Waals surface area contributed by atoms with Crippen molar-refractivity contribution in [2.75, 3.05) is 32.7 Å². The largest absolute Gasteiger partial charge is 0.342 e. The molecule has 3 fully saturated rings. The van der Waals surface area contributed by atoms with E-state index in [9.17, 15) is 4.79 Å². The first kappa shape index (κ1) is 19.9. The SMILES string of the molecule is O=C(CCc1cccnc1)N1CCC2(CCCN(CCC3CCCCC3)C2)C1. The number of carbonyl (C=O) groups excluding carboxylic acids is 1. The van der Waals surface area contributed by atoms with Gasteiger partial charge in [-0.05, 0) is 62.7 Å². The van der Waals surface area contributed by atoms with E-state index < -0.39 is 0 Å². The number of rotatable bonds is 6. The molecular formula is C24H37N3O. The molecule has 1 aromatic rings. The second-order valence-electron chi connectivity index (χ2n) is 9.60. The molecule has 1 saturated carbocycles. The molecule has 4 heteroatoms. The molecule has 1 aliphatic carbocycles. The third kappa shape index (κ3) is 5.14. The Morgan fingerprint density at radius 3 is 2.82 bits per heavy atom. The number of piperidine rings is 1. The third-order valence-electron chi connectivity index (χ3n) is 7.46. The van der Waals surface area contributed by atoms with E-state index in [1.807, 2.05) is 12.3 Å². The van der Waals surface area contributed by atoms with Crippen molar-refractivity contribution >= 4 is 5.91 Å². The second-order valence-corrected chi connectivity index (χ2v) is 9.60. The molecule has 4 rings (SSSR count). The summed E-state index contributed by atoms with van der Waals surface area (Å²) in [7, 11) is 0. The highest BCUT2D eigenvalue weighted by Crippen LogP contribution is 2.39. The van der Waals surface area contributed by atoms with Gasteiger partial charge >= 0.3 is 0 Å². The van der Waals surface area contributed by atoms with Gasteiger partial charge in [-0.15, -0.1) is 0 Å². The van der Waals surface area contributed by atoms with E-state index in [1.165, 1.54) is 77.4 Å². The fourth-order valence-electron chi connectivity index (χ4n) is 5.78. The normalized spacial score (nSPS) is 26.8. The van der Waals surface area contributed by atoms with Crippen LogP contribution in [0, 0.1) is 11.3 Å². The van der Waals surface area contributed by atoms with Gasteiger partial charge in [0.05, 0.1) is 0 Å². The van der Waals surface area contributed by atoms with Crippen LogP contribution in [0.4, 0.5) is 0 Å². The predicted octanol–water partition coefficient (Wildman–Crippen LogP) is 4.30. The number of amides is 1. The Bertz CT molecular complexity index is 628. The topological polar surface area (TPSA) is 36.4 Å². The lowest BCUT2D eigenvalue weighted by molar-refractivity contribution is -0.130. The fraction of sp³-hybridized carbons (Fsp3) is 0.750. The Labute approximate surface area is 170 Å². The van der Waals surface area contributed by atoms with Gasteiger partial charge in [0.1, 0.15) is 0 Å². The molecule has 0 bridgehead atoms. The molecule has 2 aliphatic heterocycles. The minimum absolute atomic E-state index is 0.333. The van der Waals surface area contributed by atoms with Crippen LogP contribution in [0.25, 0.3) is 0 Å². The van der Waals surface area contributed by atoms with E-state index in [2.05, 4.69) is 20.9 Å². The number of hydrogen-bond donors (Lipinski definition) is 0. The van der Waals surface area contributed by atoms with Gasteiger partial charge in [-0.2, -0.15) is 0 Å². The molecule has 0 aromatic carbocycles. The number of nitrogens with zero attached hydrogens (tertiary/aromatic N) is 3. The predicted molar refractivity (Wildman–Crippen MR) is 113 cm³/mol. The van der Waals surface area contributed by atoms with Gasteiger partial charge in [0.25, 0.3) is 0 Å². The molecule has 2 saturated heterocycles. The van der Waals surface area contributed by atoms with Crippen LogP contribution in [0.2, 0.25) is 0 Å². The van der Waals surface area contributed by atoms with Gasteiger partial charge in [0.15, 0.2) is 0 Å². The Kier molecular flexibility index (Phi) is 6.66. The van der Waals surface area contributed by atoms with Crippen molar-refractivity contribution < 1.29 is 4.79 Å². The van der Waals surface area contributed by atoms with Gasteiger partial charge in [0.2, 0.25) is 5.91 Å². The summed E-state index contributed by atoms with van der Waals surface area (Å²) in [6, 6.07) is 4.02. The molecule has 1 aromatic heterocycles. The molecule has 0 radical (unpaired) electrons. The number of aromatic nitrogens is 1. The standard InChI is InChI=1S/C24H37N3O/c28-23(10-9-22-8-4-14-25-18-22)27-17-13-24(20-27)12-5-15-26(19-24)16-11-21-6-2-1-3-7-21/h4,8,14,18,21H,1-3,5-7,9-13,15-17,19-20H2. The first-order valence-corrected chi connectivity index (χ1v) is 11.6. The lowest BCUT2D eigenvalue weighted by Gasteiger charge is -2.41. The maximum atomic E-state index is 12.8. The molecule has 1 atom stereocenters. The first-order chi connectivity index (χ1) is 13.7. The van der Waals surface area contributed by atoms with Gasteiger partial charge in [-0.3, -0.25) is 9.78 Å². The van der Waals surface area contributed by atoms with E-state index in [0.717, 1.165) is 31.0 Å². The summed E-state index contributed by atoms with van der Waals surface area (Å²) in [6.45, 7) is 5.71. The number of likely N-dealkylation sites (tertiary alicyclic amines) is 2. The lowest BCUT2D eigenvalue weighted by atomic mass is 9.79. The zero-order valence-corrected chi connectivity index (χ0v) is 17.5. The fourth-order valence-corrected chi connectivity index (χ4v) is 5.78. The van der Waals surface area contributed by atoms with Crippen molar-refractivity contribution in [2.24, 2.45) is 11.3 Å². The first-order valence-electron chi connectivity index (χ1n) is 11.6. The zero-order chi connectivity index (χ0) is 19.2. The average Bonchev–Trinajstić information content (AvgIpc) is 3.15. The molecule has 28 heavy (non-hydrogen) atoms. The van der Waals surface area contributed by atoms with Gasteiger partial charge < -0.3 is 9.80 Å². The molecule has 1 spiro atoms. The van der Waals surface area contributed by atoms with Crippen molar-refractivity contribution in [2.45, 2.75) is 70.6 Å². The van der Waals surface area contributed by atoms with E-state index >= 15 is 0 Å². The molecule has 4 nitrogen and oxygen atoms in total. The number of carbonyl (C=O) groups is 1. The minimum Gasteiger partial charge on any atom is -0.342 e. The van der Waals surface area contributed by atoms with Crippen molar-refractivity contribution in [3.8, 4) is 0 Å². The van der Waals surface area contributed by atoms with Gasteiger partial charge in [-0.1, -0.05) is 38.2 Å². The van der Waals surface area contributed by atoms with Crippen LogP contribution in [0.15, 0.2) is 24.5 Å². The highest BCUT2D eigenvalue weighted by molar-refractivity contribution is 5.76. The van der Waals surface area contributed by atoms with Crippen LogP contribution >= 0.6 is 0 Å². The summed E-state index contributed by atoms with van der Waals surface area (Å²) >= 11 is 0. The Hall–Kier alpha value is -1.42. The Morgan fingerprint density at radius 2 is 2.00 bits per heavy atom. The van der Waals surface area contributed by atoms with Crippen LogP contribution in [0.1, 0.15) is 69.8 Å². The summed E-state index contributed by atoms with van der Waals surface area (Å²) in [5.74, 6) is 1.31. The third-order valence-corrected chi connectivity index (χ3v) is 7.46. The molecule has 3 aliphatic rings. The summed E-state index contributed by atoms with van der Waals surface area (Å²) in [5.41, 5.74) is 1.53. The monoisotopic (exact) mass is 383 g/mol. The molecule has 3 heterocycles. The van der Waals surface area contributed by atoms with Crippen molar-refractivity contribution in [3.05, 3.63) is 30.1 Å². The van der Waals surface area contributed by atoms with Crippen LogP contribution in [0.5, 0.6) is 0 Å². The number of aryl methyl sites for hydroxylation is 1. The van der Waals surface area contributed by atoms with E-state index in [-0.39, 0.29) is 0 Å². The lowest BCUT2D eigenvalue weighted by Crippen LogP contribution is -2.45. The van der Waals surface area contributed by atoms with Crippen molar-refractivity contribution in [3.63, 3.8) is 0 Å². The quantitative estimate of drug-likeness (QED) is 0.735. The summed E-state index contributed by atoms with van der Waals surface area (Å²) in [5, 5.41) is 0. The minimum atomic E-state index is 0.333. The molecule has 1 unspecified atom stereocenters. The van der Waals surface area contributed by atoms with Crippen molar-refractivity contribution in [1.82, 2.24) is 14.8 Å². The summed E-state index contributed by atoms with van der Waals surface area (Å²) < 4.78 is 0. The highest BCUT2D eigenvalue weighted by Gasteiger charge is 2.42. The van der Waals surface area contributed by atoms with Crippen LogP contribution < -0.4 is 0 Å². The Balaban J connectivity index is 1.24. The molecular weight excluding hydrogens is 346 g/mol. The van der Waals surface area contributed by atoms with Gasteiger partial charge in [-0.25, -0.2) is 0 Å². The van der Waals surface area contributed by atoms with Crippen LogP contribution in [-0.2, 0) is 11.2 Å².